The lowest BCUT2D eigenvalue weighted by molar-refractivity contribution is -0.127. The molecular formula is C23H20ClFN4O. The number of carbonyl (C=O) groups is 1. The maximum Gasteiger partial charge on any atom is 0.246 e. The van der Waals surface area contributed by atoms with Crippen LogP contribution in [0.5, 0.6) is 0 Å². The Bertz CT molecular complexity index is 1180. The fraction of sp³-hybridized carbons (Fsp3) is 0.217. The molecule has 1 fully saturated rings. The highest BCUT2D eigenvalue weighted by atomic mass is 35.5. The highest BCUT2D eigenvalue weighted by Gasteiger charge is 2.26. The molecule has 0 unspecified atom stereocenters. The normalized spacial score (nSPS) is 15.9. The van der Waals surface area contributed by atoms with Gasteiger partial charge < -0.3 is 9.80 Å². The van der Waals surface area contributed by atoms with Crippen LogP contribution in [0.2, 0.25) is 5.02 Å². The Labute approximate surface area is 179 Å². The van der Waals surface area contributed by atoms with Crippen molar-refractivity contribution in [2.75, 3.05) is 32.8 Å². The third-order valence-electron chi connectivity index (χ3n) is 5.35. The van der Waals surface area contributed by atoms with E-state index in [0.29, 0.717) is 54.4 Å². The Morgan fingerprint density at radius 3 is 2.60 bits per heavy atom. The summed E-state index contributed by atoms with van der Waals surface area (Å²) in [6.07, 6.45) is 7.07. The summed E-state index contributed by atoms with van der Waals surface area (Å²) >= 11 is 6.57. The van der Waals surface area contributed by atoms with E-state index in [9.17, 15) is 9.18 Å². The first-order valence-electron chi connectivity index (χ1n) is 9.57. The predicted octanol–water partition coefficient (Wildman–Crippen LogP) is 2.03. The van der Waals surface area contributed by atoms with E-state index < -0.39 is 0 Å². The molecule has 0 saturated carbocycles. The second kappa shape index (κ2) is 8.21. The Morgan fingerprint density at radius 2 is 1.93 bits per heavy atom. The molecule has 2 aromatic rings. The fourth-order valence-electron chi connectivity index (χ4n) is 3.83. The maximum atomic E-state index is 14.3. The summed E-state index contributed by atoms with van der Waals surface area (Å²) in [7, 11) is 0. The molecule has 4 rings (SSSR count). The molecule has 0 N–H and O–H groups in total. The molecule has 152 valence electrons. The largest absolute Gasteiger partial charge is 0.353 e. The van der Waals surface area contributed by atoms with Gasteiger partial charge in [-0.25, -0.2) is 4.39 Å². The molecule has 7 heteroatoms. The summed E-state index contributed by atoms with van der Waals surface area (Å²) in [5, 5.41) is 1.93. The van der Waals surface area contributed by atoms with Gasteiger partial charge in [0, 0.05) is 53.6 Å². The van der Waals surface area contributed by atoms with Gasteiger partial charge in [0.2, 0.25) is 5.91 Å². The molecule has 30 heavy (non-hydrogen) atoms. The molecule has 2 aromatic carbocycles. The number of terminal acetylenes is 1. The number of amides is 1. The van der Waals surface area contributed by atoms with Crippen LogP contribution in [0.25, 0.3) is 16.9 Å². The van der Waals surface area contributed by atoms with Crippen molar-refractivity contribution in [1.29, 1.82) is 0 Å². The zero-order valence-corrected chi connectivity index (χ0v) is 17.1. The van der Waals surface area contributed by atoms with Crippen molar-refractivity contribution in [1.82, 2.24) is 14.7 Å². The lowest BCUT2D eigenvalue weighted by Crippen LogP contribution is -2.53. The molecule has 0 aliphatic carbocycles. The van der Waals surface area contributed by atoms with Gasteiger partial charge in [-0.15, -0.1) is 0 Å². The first kappa shape index (κ1) is 20.0. The van der Waals surface area contributed by atoms with Gasteiger partial charge in [-0.05, 0) is 24.3 Å². The lowest BCUT2D eigenvalue weighted by atomic mass is 10.0. The van der Waals surface area contributed by atoms with Gasteiger partial charge >= 0.3 is 0 Å². The molecule has 0 radical (unpaired) electrons. The second-order valence-corrected chi connectivity index (χ2v) is 7.43. The van der Waals surface area contributed by atoms with E-state index in [0.717, 1.165) is 11.0 Å². The number of hydrogen-bond donors (Lipinski definition) is 0. The summed E-state index contributed by atoms with van der Waals surface area (Å²) in [5.74, 6) is 0.410. The van der Waals surface area contributed by atoms with Crippen molar-refractivity contribution in [3.8, 4) is 23.6 Å². The highest BCUT2D eigenvalue weighted by Crippen LogP contribution is 2.28. The van der Waals surface area contributed by atoms with Gasteiger partial charge in [0.1, 0.15) is 18.3 Å². The van der Waals surface area contributed by atoms with E-state index >= 15 is 0 Å². The highest BCUT2D eigenvalue weighted by molar-refractivity contribution is 6.33. The van der Waals surface area contributed by atoms with Crippen LogP contribution in [0.15, 0.2) is 54.0 Å². The number of rotatable bonds is 3. The third kappa shape index (κ3) is 3.53. The standard InChI is InChI=1S/C23H20ClFN4O/c1-3-22(30)28-9-11-29(12-10-28)23-18-13-19(24)17(16-7-5-6-8-20(16)25)14-21(18)26-15-27(23)4-2/h2-3,5-8,13-14H,1,9-12,15H2. The Kier molecular flexibility index (Phi) is 5.47. The van der Waals surface area contributed by atoms with Gasteiger partial charge in [-0.1, -0.05) is 42.8 Å². The third-order valence-corrected chi connectivity index (χ3v) is 5.66. The summed E-state index contributed by atoms with van der Waals surface area (Å²) in [4.78, 5) is 22.1. The van der Waals surface area contributed by atoms with Crippen molar-refractivity contribution in [2.45, 2.75) is 0 Å². The van der Waals surface area contributed by atoms with Crippen LogP contribution < -0.4 is 10.6 Å². The van der Waals surface area contributed by atoms with Crippen LogP contribution in [0.3, 0.4) is 0 Å². The van der Waals surface area contributed by atoms with Crippen LogP contribution in [-0.2, 0) is 4.79 Å². The van der Waals surface area contributed by atoms with Gasteiger partial charge in [0.05, 0.1) is 5.36 Å². The monoisotopic (exact) mass is 422 g/mol. The number of halogens is 2. The Morgan fingerprint density at radius 1 is 1.20 bits per heavy atom. The molecular weight excluding hydrogens is 403 g/mol. The molecule has 0 aromatic heterocycles. The number of carbonyl (C=O) groups excluding carboxylic acids is 1. The number of piperazine rings is 1. The van der Waals surface area contributed by atoms with Crippen LogP contribution in [0, 0.1) is 18.3 Å². The van der Waals surface area contributed by atoms with Crippen LogP contribution in [0.1, 0.15) is 0 Å². The van der Waals surface area contributed by atoms with E-state index in [1.54, 1.807) is 40.1 Å². The molecule has 2 aliphatic heterocycles. The minimum absolute atomic E-state index is 0.0786. The number of fused-ring (bicyclic) bond motifs is 1. The van der Waals surface area contributed by atoms with E-state index in [1.165, 1.54) is 12.1 Å². The Balaban J connectivity index is 1.80. The van der Waals surface area contributed by atoms with Gasteiger partial charge in [-0.2, -0.15) is 0 Å². The summed E-state index contributed by atoms with van der Waals surface area (Å²) < 4.78 is 14.3. The smallest absolute Gasteiger partial charge is 0.246 e. The van der Waals surface area contributed by atoms with E-state index in [1.807, 2.05) is 0 Å². The first-order chi connectivity index (χ1) is 14.5. The van der Waals surface area contributed by atoms with E-state index in [-0.39, 0.29) is 11.7 Å². The van der Waals surface area contributed by atoms with Crippen LogP contribution in [-0.4, -0.2) is 53.5 Å². The quantitative estimate of drug-likeness (QED) is 0.561. The molecule has 0 spiro atoms. The lowest BCUT2D eigenvalue weighted by Gasteiger charge is -2.39. The van der Waals surface area contributed by atoms with Crippen molar-refractivity contribution in [3.05, 3.63) is 70.5 Å². The van der Waals surface area contributed by atoms with Gasteiger partial charge in [-0.3, -0.25) is 14.7 Å². The molecule has 1 amide bonds. The molecule has 0 bridgehead atoms. The molecule has 2 aliphatic rings. The SMILES string of the molecule is C#CN1CN=c2cc(-c3ccccc3F)c(Cl)cc2=C1N1CCN(C(=O)C=C)CC1. The van der Waals surface area contributed by atoms with Crippen molar-refractivity contribution < 1.29 is 9.18 Å². The first-order valence-corrected chi connectivity index (χ1v) is 9.94. The van der Waals surface area contributed by atoms with Crippen molar-refractivity contribution in [3.63, 3.8) is 0 Å². The average Bonchev–Trinajstić information content (AvgIpc) is 2.78. The topological polar surface area (TPSA) is 39.1 Å². The predicted molar refractivity (Wildman–Crippen MR) is 115 cm³/mol. The van der Waals surface area contributed by atoms with Gasteiger partial charge in [0.25, 0.3) is 0 Å². The minimum Gasteiger partial charge on any atom is -0.353 e. The van der Waals surface area contributed by atoms with Gasteiger partial charge in [0.15, 0.2) is 0 Å². The Hall–Kier alpha value is -3.30. The van der Waals surface area contributed by atoms with Crippen LogP contribution in [0.4, 0.5) is 4.39 Å². The van der Waals surface area contributed by atoms with E-state index in [4.69, 9.17) is 18.0 Å². The number of nitrogens with zero attached hydrogens (tertiary/aromatic N) is 4. The average molecular weight is 423 g/mol. The van der Waals surface area contributed by atoms with Crippen molar-refractivity contribution in [2.24, 2.45) is 4.99 Å². The van der Waals surface area contributed by atoms with Crippen molar-refractivity contribution >= 4 is 23.3 Å². The molecule has 5 nitrogen and oxygen atoms in total. The summed E-state index contributed by atoms with van der Waals surface area (Å²) in [6, 6.07) is 12.8. The number of benzene rings is 2. The minimum atomic E-state index is -0.340. The maximum absolute atomic E-state index is 14.3. The van der Waals surface area contributed by atoms with E-state index in [2.05, 4.69) is 22.5 Å². The zero-order valence-electron chi connectivity index (χ0n) is 16.3. The second-order valence-electron chi connectivity index (χ2n) is 7.03. The zero-order chi connectivity index (χ0) is 21.3. The fourth-order valence-corrected chi connectivity index (χ4v) is 4.09. The number of hydrogen-bond acceptors (Lipinski definition) is 4. The molecule has 0 atom stereocenters. The van der Waals surface area contributed by atoms with Crippen LogP contribution >= 0.6 is 11.6 Å². The summed E-state index contributed by atoms with van der Waals surface area (Å²) in [5.41, 5.74) is 1.02. The summed E-state index contributed by atoms with van der Waals surface area (Å²) in [6.45, 7) is 6.23. The molecule has 1 saturated heterocycles. The molecule has 2 heterocycles.